The van der Waals surface area contributed by atoms with E-state index in [1.54, 1.807) is 12.1 Å². The number of nitrogens with zero attached hydrogens (tertiary/aromatic N) is 1. The Morgan fingerprint density at radius 3 is 2.93 bits per heavy atom. The van der Waals surface area contributed by atoms with Crippen LogP contribution in [0.4, 0.5) is 0 Å². The monoisotopic (exact) mass is 243 g/mol. The van der Waals surface area contributed by atoms with Crippen LogP contribution in [0.25, 0.3) is 10.2 Å². The Balaban J connectivity index is 2.83. The summed E-state index contributed by atoms with van der Waals surface area (Å²) in [5, 5.41) is 9.06. The maximum absolute atomic E-state index is 11.1. The van der Waals surface area contributed by atoms with Crippen molar-refractivity contribution in [2.24, 2.45) is 0 Å². The molecule has 1 heterocycles. The molecular formula is C9H6ClNO3S. The van der Waals surface area contributed by atoms with Gasteiger partial charge in [0.15, 0.2) is 4.47 Å². The van der Waals surface area contributed by atoms with Gasteiger partial charge >= 0.3 is 5.97 Å². The smallest absolute Gasteiger partial charge is 0.341 e. The first-order valence-corrected chi connectivity index (χ1v) is 5.19. The predicted octanol–water partition coefficient (Wildman–Crippen LogP) is 2.66. The molecule has 6 heteroatoms. The fraction of sp³-hybridized carbons (Fsp3) is 0.111. The molecule has 1 aromatic carbocycles. The maximum atomic E-state index is 11.1. The third-order valence-corrected chi connectivity index (χ3v) is 3.12. The Labute approximate surface area is 94.1 Å². The molecular weight excluding hydrogens is 238 g/mol. The fourth-order valence-electron chi connectivity index (χ4n) is 1.32. The maximum Gasteiger partial charge on any atom is 0.341 e. The summed E-state index contributed by atoms with van der Waals surface area (Å²) >= 11 is 6.86. The molecule has 1 aromatic heterocycles. The molecule has 0 radical (unpaired) electrons. The number of halogens is 1. The number of benzene rings is 1. The van der Waals surface area contributed by atoms with Crippen molar-refractivity contribution in [2.75, 3.05) is 7.11 Å². The lowest BCUT2D eigenvalue weighted by atomic mass is 10.2. The average Bonchev–Trinajstić information content (AvgIpc) is 2.55. The minimum Gasteiger partial charge on any atom is -0.496 e. The Hall–Kier alpha value is -1.33. The lowest BCUT2D eigenvalue weighted by Gasteiger charge is -2.04. The van der Waals surface area contributed by atoms with Crippen molar-refractivity contribution < 1.29 is 14.6 Å². The summed E-state index contributed by atoms with van der Waals surface area (Å²) in [7, 11) is 1.43. The van der Waals surface area contributed by atoms with Crippen molar-refractivity contribution in [2.45, 2.75) is 0 Å². The Kier molecular flexibility index (Phi) is 2.50. The molecule has 0 saturated carbocycles. The number of methoxy groups -OCH3 is 1. The van der Waals surface area contributed by atoms with E-state index in [2.05, 4.69) is 4.98 Å². The van der Waals surface area contributed by atoms with E-state index in [9.17, 15) is 4.79 Å². The summed E-state index contributed by atoms with van der Waals surface area (Å²) in [6.45, 7) is 0. The van der Waals surface area contributed by atoms with Gasteiger partial charge in [0, 0.05) is 0 Å². The summed E-state index contributed by atoms with van der Waals surface area (Å²) in [6, 6.07) is 3.25. The van der Waals surface area contributed by atoms with E-state index >= 15 is 0 Å². The molecule has 0 fully saturated rings. The third-order valence-electron chi connectivity index (χ3n) is 1.93. The zero-order valence-electron chi connectivity index (χ0n) is 7.65. The molecule has 0 atom stereocenters. The van der Waals surface area contributed by atoms with E-state index in [-0.39, 0.29) is 5.56 Å². The van der Waals surface area contributed by atoms with E-state index in [1.165, 1.54) is 7.11 Å². The molecule has 0 bridgehead atoms. The van der Waals surface area contributed by atoms with E-state index in [0.717, 1.165) is 11.3 Å². The Morgan fingerprint density at radius 2 is 2.33 bits per heavy atom. The second kappa shape index (κ2) is 3.67. The van der Waals surface area contributed by atoms with Crippen molar-refractivity contribution >= 4 is 39.1 Å². The highest BCUT2D eigenvalue weighted by Gasteiger charge is 2.18. The van der Waals surface area contributed by atoms with E-state index in [4.69, 9.17) is 21.4 Å². The number of ether oxygens (including phenoxy) is 1. The van der Waals surface area contributed by atoms with Crippen molar-refractivity contribution in [3.63, 3.8) is 0 Å². The number of carboxylic acid groups (broad SMARTS) is 1. The van der Waals surface area contributed by atoms with E-state index < -0.39 is 5.97 Å². The molecule has 0 unspecified atom stereocenters. The van der Waals surface area contributed by atoms with Crippen molar-refractivity contribution in [3.05, 3.63) is 22.2 Å². The fourth-order valence-corrected chi connectivity index (χ4v) is 2.46. The molecule has 0 aliphatic carbocycles. The van der Waals surface area contributed by atoms with Gasteiger partial charge in [-0.2, -0.15) is 0 Å². The van der Waals surface area contributed by atoms with E-state index in [0.29, 0.717) is 20.4 Å². The Morgan fingerprint density at radius 1 is 1.60 bits per heavy atom. The number of thiazole rings is 1. The van der Waals surface area contributed by atoms with E-state index in [1.807, 2.05) is 0 Å². The van der Waals surface area contributed by atoms with Gasteiger partial charge in [-0.25, -0.2) is 9.78 Å². The Bertz CT molecular complexity index is 537. The molecule has 0 spiro atoms. The summed E-state index contributed by atoms with van der Waals surface area (Å²) in [4.78, 5) is 15.1. The first-order valence-electron chi connectivity index (χ1n) is 4.00. The van der Waals surface area contributed by atoms with Crippen LogP contribution in [0.3, 0.4) is 0 Å². The zero-order valence-corrected chi connectivity index (χ0v) is 9.22. The summed E-state index contributed by atoms with van der Waals surface area (Å²) in [6.07, 6.45) is 0. The lowest BCUT2D eigenvalue weighted by Crippen LogP contribution is -2.00. The molecule has 78 valence electrons. The molecule has 0 amide bonds. The number of aromatic nitrogens is 1. The largest absolute Gasteiger partial charge is 0.496 e. The van der Waals surface area contributed by atoms with Crippen LogP contribution in [0.15, 0.2) is 12.1 Å². The topological polar surface area (TPSA) is 59.4 Å². The first kappa shape index (κ1) is 10.2. The highest BCUT2D eigenvalue weighted by atomic mass is 35.5. The molecule has 0 aliphatic rings. The number of fused-ring (bicyclic) bond motifs is 1. The minimum atomic E-state index is -1.04. The number of aromatic carboxylic acids is 1. The molecule has 0 aliphatic heterocycles. The standard InChI is InChI=1S/C9H6ClNO3S/c1-14-5-3-2-4-7(6(5)8(12)13)15-9(10)11-4/h2-3H,1H3,(H,12,13). The van der Waals surface area contributed by atoms with Gasteiger partial charge in [-0.3, -0.25) is 0 Å². The number of rotatable bonds is 2. The van der Waals surface area contributed by atoms with Crippen LogP contribution in [-0.4, -0.2) is 23.2 Å². The predicted molar refractivity (Wildman–Crippen MR) is 58.1 cm³/mol. The van der Waals surface area contributed by atoms with Crippen LogP contribution in [0.5, 0.6) is 5.75 Å². The number of hydrogen-bond acceptors (Lipinski definition) is 4. The molecule has 1 N–H and O–H groups in total. The second-order valence-corrected chi connectivity index (χ2v) is 4.34. The van der Waals surface area contributed by atoms with Crippen LogP contribution in [0.1, 0.15) is 10.4 Å². The average molecular weight is 244 g/mol. The highest BCUT2D eigenvalue weighted by Crippen LogP contribution is 2.33. The summed E-state index contributed by atoms with van der Waals surface area (Å²) < 4.78 is 5.83. The molecule has 0 saturated heterocycles. The summed E-state index contributed by atoms with van der Waals surface area (Å²) in [5.41, 5.74) is 0.683. The van der Waals surface area contributed by atoms with Crippen LogP contribution < -0.4 is 4.74 Å². The number of hydrogen-bond donors (Lipinski definition) is 1. The normalized spacial score (nSPS) is 10.5. The van der Waals surface area contributed by atoms with Gasteiger partial charge < -0.3 is 9.84 Å². The lowest BCUT2D eigenvalue weighted by molar-refractivity contribution is 0.0696. The van der Waals surface area contributed by atoms with Gasteiger partial charge in [0.1, 0.15) is 11.3 Å². The van der Waals surface area contributed by atoms with Crippen LogP contribution in [0, 0.1) is 0 Å². The van der Waals surface area contributed by atoms with Crippen molar-refractivity contribution in [1.29, 1.82) is 0 Å². The van der Waals surface area contributed by atoms with Gasteiger partial charge in [-0.05, 0) is 12.1 Å². The van der Waals surface area contributed by atoms with Crippen LogP contribution in [-0.2, 0) is 0 Å². The number of carbonyl (C=O) groups is 1. The van der Waals surface area contributed by atoms with Crippen LogP contribution >= 0.6 is 22.9 Å². The van der Waals surface area contributed by atoms with Gasteiger partial charge in [0.05, 0.1) is 17.3 Å². The third kappa shape index (κ3) is 1.64. The number of carboxylic acids is 1. The van der Waals surface area contributed by atoms with Crippen molar-refractivity contribution in [1.82, 2.24) is 4.98 Å². The van der Waals surface area contributed by atoms with Gasteiger partial charge in [-0.15, -0.1) is 11.3 Å². The molecule has 15 heavy (non-hydrogen) atoms. The van der Waals surface area contributed by atoms with Crippen LogP contribution in [0.2, 0.25) is 4.47 Å². The first-order chi connectivity index (χ1) is 7.13. The SMILES string of the molecule is COc1ccc2nc(Cl)sc2c1C(=O)O. The minimum absolute atomic E-state index is 0.111. The molecule has 4 nitrogen and oxygen atoms in total. The summed E-state index contributed by atoms with van der Waals surface area (Å²) in [5.74, 6) is -0.729. The quantitative estimate of drug-likeness (QED) is 0.881. The van der Waals surface area contributed by atoms with Gasteiger partial charge in [-0.1, -0.05) is 11.6 Å². The second-order valence-electron chi connectivity index (χ2n) is 2.76. The molecule has 2 rings (SSSR count). The van der Waals surface area contributed by atoms with Gasteiger partial charge in [0.2, 0.25) is 0 Å². The zero-order chi connectivity index (χ0) is 11.0. The molecule has 2 aromatic rings. The highest BCUT2D eigenvalue weighted by molar-refractivity contribution is 7.22. The van der Waals surface area contributed by atoms with Gasteiger partial charge in [0.25, 0.3) is 0 Å². The van der Waals surface area contributed by atoms with Crippen molar-refractivity contribution in [3.8, 4) is 5.75 Å².